The van der Waals surface area contributed by atoms with Crippen LogP contribution in [0.25, 0.3) is 0 Å². The van der Waals surface area contributed by atoms with E-state index in [0.29, 0.717) is 17.4 Å². The standard InChI is InChI=1S/C16H14ClN3O4/c1-3-10-22-20-16(21)11(2)23-12-4-6-13(7-5-12)24-15-9-8-14(17)18-19-15/h1,4-9,11H,10H2,2H3,(H,20,21)/t11-/m1/s1. The van der Waals surface area contributed by atoms with Crippen molar-refractivity contribution in [3.63, 3.8) is 0 Å². The fourth-order valence-electron chi connectivity index (χ4n) is 1.55. The van der Waals surface area contributed by atoms with Crippen LogP contribution >= 0.6 is 11.6 Å². The summed E-state index contributed by atoms with van der Waals surface area (Å²) in [7, 11) is 0. The first-order chi connectivity index (χ1) is 11.6. The molecule has 2 rings (SSSR count). The van der Waals surface area contributed by atoms with Crippen molar-refractivity contribution in [1.82, 2.24) is 15.7 Å². The van der Waals surface area contributed by atoms with Crippen LogP contribution < -0.4 is 15.0 Å². The van der Waals surface area contributed by atoms with E-state index in [2.05, 4.69) is 21.6 Å². The van der Waals surface area contributed by atoms with Crippen LogP contribution in [-0.4, -0.2) is 28.8 Å². The molecule has 0 saturated heterocycles. The molecular weight excluding hydrogens is 334 g/mol. The Bertz CT molecular complexity index is 714. The van der Waals surface area contributed by atoms with Crippen LogP contribution in [0, 0.1) is 12.3 Å². The number of carbonyl (C=O) groups excluding carboxylic acids is 1. The van der Waals surface area contributed by atoms with Crippen LogP contribution in [0.15, 0.2) is 36.4 Å². The molecule has 124 valence electrons. The highest BCUT2D eigenvalue weighted by Gasteiger charge is 2.14. The predicted molar refractivity (Wildman–Crippen MR) is 86.6 cm³/mol. The number of halogens is 1. The summed E-state index contributed by atoms with van der Waals surface area (Å²) in [5, 5.41) is 7.75. The molecule has 0 aliphatic carbocycles. The minimum absolute atomic E-state index is 0.0158. The Hall–Kier alpha value is -2.82. The van der Waals surface area contributed by atoms with Gasteiger partial charge in [-0.15, -0.1) is 16.6 Å². The van der Waals surface area contributed by atoms with Gasteiger partial charge in [-0.3, -0.25) is 9.63 Å². The van der Waals surface area contributed by atoms with E-state index in [-0.39, 0.29) is 11.8 Å². The number of nitrogens with zero attached hydrogens (tertiary/aromatic N) is 2. The average molecular weight is 348 g/mol. The van der Waals surface area contributed by atoms with E-state index in [1.807, 2.05) is 0 Å². The van der Waals surface area contributed by atoms with Crippen LogP contribution in [0.5, 0.6) is 17.4 Å². The lowest BCUT2D eigenvalue weighted by molar-refractivity contribution is -0.139. The van der Waals surface area contributed by atoms with Gasteiger partial charge >= 0.3 is 0 Å². The fraction of sp³-hybridized carbons (Fsp3) is 0.188. The molecule has 0 bridgehead atoms. The molecule has 0 aliphatic heterocycles. The van der Waals surface area contributed by atoms with Crippen LogP contribution in [-0.2, 0) is 9.63 Å². The molecule has 0 fully saturated rings. The summed E-state index contributed by atoms with van der Waals surface area (Å²) in [4.78, 5) is 16.4. The van der Waals surface area contributed by atoms with E-state index in [0.717, 1.165) is 0 Å². The Morgan fingerprint density at radius 3 is 2.58 bits per heavy atom. The third kappa shape index (κ3) is 5.43. The van der Waals surface area contributed by atoms with Gasteiger partial charge < -0.3 is 9.47 Å². The third-order valence-corrected chi connectivity index (χ3v) is 2.87. The number of ether oxygens (including phenoxy) is 2. The minimum Gasteiger partial charge on any atom is -0.481 e. The molecule has 1 aromatic carbocycles. The molecule has 0 spiro atoms. The first-order valence-electron chi connectivity index (χ1n) is 6.87. The van der Waals surface area contributed by atoms with E-state index in [4.69, 9.17) is 32.3 Å². The van der Waals surface area contributed by atoms with Crippen LogP contribution in [0.3, 0.4) is 0 Å². The van der Waals surface area contributed by atoms with E-state index >= 15 is 0 Å². The molecule has 0 aliphatic rings. The van der Waals surface area contributed by atoms with Crippen molar-refractivity contribution in [3.05, 3.63) is 41.6 Å². The summed E-state index contributed by atoms with van der Waals surface area (Å²) >= 11 is 5.65. The molecule has 1 heterocycles. The Kier molecular flexibility index (Phi) is 6.37. The number of carbonyl (C=O) groups is 1. The second-order valence-electron chi connectivity index (χ2n) is 4.49. The first kappa shape index (κ1) is 17.5. The number of hydroxylamine groups is 1. The molecule has 0 unspecified atom stereocenters. The molecule has 24 heavy (non-hydrogen) atoms. The van der Waals surface area contributed by atoms with Crippen molar-refractivity contribution in [3.8, 4) is 29.7 Å². The average Bonchev–Trinajstić information content (AvgIpc) is 2.58. The largest absolute Gasteiger partial charge is 0.481 e. The Balaban J connectivity index is 1.88. The van der Waals surface area contributed by atoms with Crippen LogP contribution in [0.2, 0.25) is 5.15 Å². The van der Waals surface area contributed by atoms with Gasteiger partial charge in [-0.25, -0.2) is 5.48 Å². The fourth-order valence-corrected chi connectivity index (χ4v) is 1.66. The maximum atomic E-state index is 11.7. The molecule has 1 atom stereocenters. The van der Waals surface area contributed by atoms with Gasteiger partial charge in [-0.1, -0.05) is 17.5 Å². The number of aromatic nitrogens is 2. The molecule has 2 aromatic rings. The monoisotopic (exact) mass is 347 g/mol. The summed E-state index contributed by atoms with van der Waals surface area (Å²) in [6.07, 6.45) is 4.25. The van der Waals surface area contributed by atoms with Crippen molar-refractivity contribution in [2.75, 3.05) is 6.61 Å². The molecule has 0 radical (unpaired) electrons. The lowest BCUT2D eigenvalue weighted by Gasteiger charge is -2.14. The number of nitrogens with one attached hydrogen (secondary N) is 1. The highest BCUT2D eigenvalue weighted by molar-refractivity contribution is 6.29. The first-order valence-corrected chi connectivity index (χ1v) is 7.25. The highest BCUT2D eigenvalue weighted by Crippen LogP contribution is 2.23. The lowest BCUT2D eigenvalue weighted by Crippen LogP contribution is -2.36. The van der Waals surface area contributed by atoms with Gasteiger partial charge in [0.15, 0.2) is 11.3 Å². The zero-order chi connectivity index (χ0) is 17.4. The van der Waals surface area contributed by atoms with Gasteiger partial charge in [0.2, 0.25) is 5.88 Å². The summed E-state index contributed by atoms with van der Waals surface area (Å²) < 4.78 is 11.0. The van der Waals surface area contributed by atoms with Crippen molar-refractivity contribution in [2.24, 2.45) is 0 Å². The summed E-state index contributed by atoms with van der Waals surface area (Å²) in [5.41, 5.74) is 2.20. The summed E-state index contributed by atoms with van der Waals surface area (Å²) in [6.45, 7) is 1.57. The van der Waals surface area contributed by atoms with Crippen LogP contribution in [0.4, 0.5) is 0 Å². The van der Waals surface area contributed by atoms with Gasteiger partial charge in [0.1, 0.15) is 18.1 Å². The number of amides is 1. The zero-order valence-corrected chi connectivity index (χ0v) is 13.5. The minimum atomic E-state index is -0.753. The van der Waals surface area contributed by atoms with E-state index in [1.165, 1.54) is 0 Å². The quantitative estimate of drug-likeness (QED) is 0.470. The predicted octanol–water partition coefficient (Wildman–Crippen LogP) is 2.37. The number of terminal acetylenes is 1. The molecular formula is C16H14ClN3O4. The van der Waals surface area contributed by atoms with Crippen molar-refractivity contribution in [2.45, 2.75) is 13.0 Å². The van der Waals surface area contributed by atoms with Gasteiger partial charge in [-0.2, -0.15) is 0 Å². The molecule has 8 heteroatoms. The van der Waals surface area contributed by atoms with Crippen molar-refractivity contribution >= 4 is 17.5 Å². The Labute approximate surface area is 143 Å². The zero-order valence-electron chi connectivity index (χ0n) is 12.7. The SMILES string of the molecule is C#CCONC(=O)[C@@H](C)Oc1ccc(Oc2ccc(Cl)nn2)cc1. The van der Waals surface area contributed by atoms with E-state index < -0.39 is 12.0 Å². The number of hydrogen-bond acceptors (Lipinski definition) is 6. The van der Waals surface area contributed by atoms with E-state index in [1.54, 1.807) is 43.3 Å². The van der Waals surface area contributed by atoms with Crippen molar-refractivity contribution in [1.29, 1.82) is 0 Å². The number of benzene rings is 1. The Morgan fingerprint density at radius 1 is 1.25 bits per heavy atom. The maximum absolute atomic E-state index is 11.7. The highest BCUT2D eigenvalue weighted by atomic mass is 35.5. The second kappa shape index (κ2) is 8.72. The topological polar surface area (TPSA) is 82.6 Å². The van der Waals surface area contributed by atoms with Crippen LogP contribution in [0.1, 0.15) is 6.92 Å². The number of hydrogen-bond donors (Lipinski definition) is 1. The smallest absolute Gasteiger partial charge is 0.284 e. The van der Waals surface area contributed by atoms with Gasteiger partial charge in [0, 0.05) is 6.07 Å². The van der Waals surface area contributed by atoms with Gasteiger partial charge in [0.25, 0.3) is 5.91 Å². The molecule has 1 aromatic heterocycles. The third-order valence-electron chi connectivity index (χ3n) is 2.66. The normalized spacial score (nSPS) is 11.2. The van der Waals surface area contributed by atoms with Gasteiger partial charge in [-0.05, 0) is 37.3 Å². The van der Waals surface area contributed by atoms with Crippen molar-refractivity contribution < 1.29 is 19.1 Å². The van der Waals surface area contributed by atoms with E-state index in [9.17, 15) is 4.79 Å². The Morgan fingerprint density at radius 2 is 1.96 bits per heavy atom. The molecule has 7 nitrogen and oxygen atoms in total. The summed E-state index contributed by atoms with van der Waals surface area (Å²) in [6, 6.07) is 9.83. The number of rotatable bonds is 7. The molecule has 1 amide bonds. The maximum Gasteiger partial charge on any atom is 0.284 e. The molecule has 0 saturated carbocycles. The summed E-state index contributed by atoms with van der Waals surface area (Å²) in [5.74, 6) is 3.13. The molecule has 1 N–H and O–H groups in total. The second-order valence-corrected chi connectivity index (χ2v) is 4.87. The lowest BCUT2D eigenvalue weighted by atomic mass is 10.3. The van der Waals surface area contributed by atoms with Gasteiger partial charge in [0.05, 0.1) is 0 Å².